The second-order valence-corrected chi connectivity index (χ2v) is 3.47. The molecule has 86 valence electrons. The fourth-order valence-electron chi connectivity index (χ4n) is 1.42. The lowest BCUT2D eigenvalue weighted by Crippen LogP contribution is -2.50. The maximum absolute atomic E-state index is 11.8. The first-order valence-electron chi connectivity index (χ1n) is 4.69. The number of nitrogens with zero attached hydrogens (tertiary/aromatic N) is 2. The Morgan fingerprint density at radius 2 is 2.12 bits per heavy atom. The van der Waals surface area contributed by atoms with E-state index in [-0.39, 0.29) is 5.91 Å². The summed E-state index contributed by atoms with van der Waals surface area (Å²) in [4.78, 5) is 23.1. The number of rotatable bonds is 0. The van der Waals surface area contributed by atoms with Crippen LogP contribution >= 0.6 is 0 Å². The number of carbonyl (C=O) groups excluding carboxylic acids is 2. The number of hydrogen-bond acceptors (Lipinski definition) is 5. The highest BCUT2D eigenvalue weighted by atomic mass is 16.5. The van der Waals surface area contributed by atoms with E-state index in [2.05, 4.69) is 15.6 Å². The van der Waals surface area contributed by atoms with Gasteiger partial charge in [-0.1, -0.05) is 0 Å². The summed E-state index contributed by atoms with van der Waals surface area (Å²) >= 11 is 0. The fourth-order valence-corrected chi connectivity index (χ4v) is 1.42. The number of fused-ring (bicyclic) bond motifs is 1. The minimum absolute atomic E-state index is 0.200. The number of hydrogen-bond donors (Lipinski definition) is 2. The number of hydrazine groups is 2. The normalized spacial score (nSPS) is 19.4. The first-order valence-corrected chi connectivity index (χ1v) is 4.69. The van der Waals surface area contributed by atoms with Crippen LogP contribution in [0, 0.1) is 0 Å². The molecule has 2 N–H and O–H groups in total. The van der Waals surface area contributed by atoms with Crippen molar-refractivity contribution < 1.29 is 14.3 Å². The zero-order chi connectivity index (χ0) is 11.9. The minimum atomic E-state index is -0.591. The van der Waals surface area contributed by atoms with Gasteiger partial charge in [-0.3, -0.25) is 4.79 Å². The first-order chi connectivity index (χ1) is 7.54. The zero-order valence-electron chi connectivity index (χ0n) is 9.20. The van der Waals surface area contributed by atoms with Crippen molar-refractivity contribution in [2.45, 2.75) is 13.8 Å². The highest BCUT2D eigenvalue weighted by Crippen LogP contribution is 2.20. The lowest BCUT2D eigenvalue weighted by Gasteiger charge is -2.27. The molecule has 0 unspecified atom stereocenters. The van der Waals surface area contributed by atoms with Gasteiger partial charge in [0.25, 0.3) is 5.91 Å². The molecule has 0 saturated heterocycles. The summed E-state index contributed by atoms with van der Waals surface area (Å²) in [6.07, 6.45) is 0.867. The Labute approximate surface area is 92.3 Å². The molecule has 7 heteroatoms. The quantitative estimate of drug-likeness (QED) is 0.606. The Morgan fingerprint density at radius 1 is 1.44 bits per heavy atom. The van der Waals surface area contributed by atoms with Crippen LogP contribution in [0.5, 0.6) is 0 Å². The molecule has 2 rings (SSSR count). The number of allylic oxidation sites excluding steroid dienone is 1. The van der Waals surface area contributed by atoms with Gasteiger partial charge in [0.15, 0.2) is 0 Å². The van der Waals surface area contributed by atoms with Crippen LogP contribution in [0.15, 0.2) is 23.3 Å². The largest absolute Gasteiger partial charge is 0.452 e. The van der Waals surface area contributed by atoms with Crippen LogP contribution in [0.3, 0.4) is 0 Å². The zero-order valence-corrected chi connectivity index (χ0v) is 9.20. The van der Waals surface area contributed by atoms with E-state index in [1.54, 1.807) is 13.8 Å². The van der Waals surface area contributed by atoms with Gasteiger partial charge in [0, 0.05) is 11.3 Å². The van der Waals surface area contributed by atoms with Crippen LogP contribution < -0.4 is 10.9 Å². The summed E-state index contributed by atoms with van der Waals surface area (Å²) in [6, 6.07) is 0. The van der Waals surface area contributed by atoms with Gasteiger partial charge in [0.2, 0.25) is 0 Å². The summed E-state index contributed by atoms with van der Waals surface area (Å²) in [6.45, 7) is 3.51. The van der Waals surface area contributed by atoms with Gasteiger partial charge < -0.3 is 10.1 Å². The molecule has 0 bridgehead atoms. The third-order valence-corrected chi connectivity index (χ3v) is 2.47. The van der Waals surface area contributed by atoms with Crippen molar-refractivity contribution >= 4 is 12.0 Å². The van der Waals surface area contributed by atoms with E-state index in [0.29, 0.717) is 11.4 Å². The molecule has 0 saturated carbocycles. The van der Waals surface area contributed by atoms with Crippen LogP contribution in [0.4, 0.5) is 4.79 Å². The van der Waals surface area contributed by atoms with Crippen molar-refractivity contribution in [1.82, 2.24) is 20.9 Å². The number of amides is 2. The molecule has 0 spiro atoms. The van der Waals surface area contributed by atoms with Crippen LogP contribution in [0.2, 0.25) is 0 Å². The molecule has 0 aromatic carbocycles. The average Bonchev–Trinajstić information content (AvgIpc) is 2.69. The molecule has 2 amide bonds. The summed E-state index contributed by atoms with van der Waals surface area (Å²) in [7, 11) is 1.27. The molecular weight excluding hydrogens is 212 g/mol. The number of nitrogens with one attached hydrogen (secondary N) is 2. The fraction of sp³-hybridized carbons (Fsp3) is 0.333. The number of methoxy groups -OCH3 is 1. The van der Waals surface area contributed by atoms with Gasteiger partial charge in [0.05, 0.1) is 13.3 Å². The van der Waals surface area contributed by atoms with Crippen molar-refractivity contribution in [3.05, 3.63) is 23.3 Å². The molecule has 0 radical (unpaired) electrons. The Bertz CT molecular complexity index is 426. The maximum Gasteiger partial charge on any atom is 0.429 e. The Hall–Kier alpha value is -2.02. The maximum atomic E-state index is 11.8. The Kier molecular flexibility index (Phi) is 2.31. The molecule has 0 fully saturated rings. The summed E-state index contributed by atoms with van der Waals surface area (Å²) in [5.74, 6) is 0.299. The standard InChI is InChI=1S/C9H12N4O3/c1-5-6(2)10-7-4-12(9(15)16-3)11-13(7)8(5)14/h4,10-11H,1-3H3. The SMILES string of the molecule is COC(=O)N1C=C2NC(C)=C(C)C(=O)N2N1. The third-order valence-electron chi connectivity index (χ3n) is 2.47. The highest BCUT2D eigenvalue weighted by molar-refractivity contribution is 5.95. The molecule has 0 aromatic rings. The van der Waals surface area contributed by atoms with E-state index in [4.69, 9.17) is 0 Å². The molecule has 16 heavy (non-hydrogen) atoms. The van der Waals surface area contributed by atoms with Crippen LogP contribution in [0.1, 0.15) is 13.8 Å². The molecular formula is C9H12N4O3. The van der Waals surface area contributed by atoms with Gasteiger partial charge in [-0.15, -0.1) is 5.53 Å². The van der Waals surface area contributed by atoms with E-state index in [1.807, 2.05) is 0 Å². The molecule has 0 atom stereocenters. The second kappa shape index (κ2) is 3.53. The Balaban J connectivity index is 2.25. The van der Waals surface area contributed by atoms with Crippen molar-refractivity contribution in [2.75, 3.05) is 7.11 Å². The summed E-state index contributed by atoms with van der Waals surface area (Å²) < 4.78 is 4.53. The van der Waals surface area contributed by atoms with E-state index in [9.17, 15) is 9.59 Å². The van der Waals surface area contributed by atoms with Gasteiger partial charge >= 0.3 is 6.09 Å². The molecule has 7 nitrogen and oxygen atoms in total. The van der Waals surface area contributed by atoms with Crippen LogP contribution in [-0.2, 0) is 9.53 Å². The lowest BCUT2D eigenvalue weighted by atomic mass is 10.2. The van der Waals surface area contributed by atoms with E-state index in [1.165, 1.54) is 18.3 Å². The minimum Gasteiger partial charge on any atom is -0.452 e. The topological polar surface area (TPSA) is 73.9 Å². The van der Waals surface area contributed by atoms with Crippen molar-refractivity contribution in [3.8, 4) is 0 Å². The van der Waals surface area contributed by atoms with Crippen molar-refractivity contribution in [1.29, 1.82) is 0 Å². The van der Waals surface area contributed by atoms with E-state index in [0.717, 1.165) is 10.7 Å². The van der Waals surface area contributed by atoms with Gasteiger partial charge in [-0.2, -0.15) is 5.01 Å². The summed E-state index contributed by atoms with van der Waals surface area (Å²) in [5, 5.41) is 5.34. The third kappa shape index (κ3) is 1.41. The van der Waals surface area contributed by atoms with Crippen LogP contribution in [-0.4, -0.2) is 29.1 Å². The van der Waals surface area contributed by atoms with Gasteiger partial charge in [-0.25, -0.2) is 9.80 Å². The first kappa shape index (κ1) is 10.5. The van der Waals surface area contributed by atoms with E-state index >= 15 is 0 Å². The predicted molar refractivity (Wildman–Crippen MR) is 53.8 cm³/mol. The number of carbonyl (C=O) groups is 2. The van der Waals surface area contributed by atoms with Gasteiger partial charge in [-0.05, 0) is 13.8 Å². The lowest BCUT2D eigenvalue weighted by molar-refractivity contribution is -0.130. The highest BCUT2D eigenvalue weighted by Gasteiger charge is 2.34. The van der Waals surface area contributed by atoms with Crippen molar-refractivity contribution in [3.63, 3.8) is 0 Å². The molecule has 0 aromatic heterocycles. The number of ether oxygens (including phenoxy) is 1. The second-order valence-electron chi connectivity index (χ2n) is 3.47. The van der Waals surface area contributed by atoms with Crippen LogP contribution in [0.25, 0.3) is 0 Å². The molecule has 2 aliphatic heterocycles. The predicted octanol–water partition coefficient (Wildman–Crippen LogP) is 0.0126. The van der Waals surface area contributed by atoms with E-state index < -0.39 is 6.09 Å². The molecule has 2 aliphatic rings. The smallest absolute Gasteiger partial charge is 0.429 e. The molecule has 2 heterocycles. The summed E-state index contributed by atoms with van der Waals surface area (Å²) in [5.41, 5.74) is 3.96. The van der Waals surface area contributed by atoms with Gasteiger partial charge in [0.1, 0.15) is 5.82 Å². The Morgan fingerprint density at radius 3 is 2.75 bits per heavy atom. The molecule has 0 aliphatic carbocycles. The average molecular weight is 224 g/mol. The van der Waals surface area contributed by atoms with Crippen molar-refractivity contribution in [2.24, 2.45) is 0 Å². The monoisotopic (exact) mass is 224 g/mol.